The van der Waals surface area contributed by atoms with E-state index in [9.17, 15) is 4.79 Å². The maximum Gasteiger partial charge on any atom is 0.289 e. The number of nitrogens with zero attached hydrogens (tertiary/aromatic N) is 2. The molecule has 0 bridgehead atoms. The Morgan fingerprint density at radius 2 is 2.30 bits per heavy atom. The van der Waals surface area contributed by atoms with E-state index in [0.29, 0.717) is 28.7 Å². The summed E-state index contributed by atoms with van der Waals surface area (Å²) < 4.78 is 11.2. The number of amides is 1. The molecule has 3 heterocycles. The van der Waals surface area contributed by atoms with E-state index in [2.05, 4.69) is 17.1 Å². The van der Waals surface area contributed by atoms with Gasteiger partial charge in [0.25, 0.3) is 5.91 Å². The van der Waals surface area contributed by atoms with Crippen LogP contribution in [-0.4, -0.2) is 41.2 Å². The number of furan rings is 1. The van der Waals surface area contributed by atoms with Gasteiger partial charge in [-0.2, -0.15) is 5.10 Å². The van der Waals surface area contributed by atoms with Crippen molar-refractivity contribution in [3.05, 3.63) is 46.4 Å². The summed E-state index contributed by atoms with van der Waals surface area (Å²) >= 11 is 6.12. The van der Waals surface area contributed by atoms with Crippen molar-refractivity contribution in [2.75, 3.05) is 20.2 Å². The maximum atomic E-state index is 13.1. The number of hydrogen-bond acceptors (Lipinski definition) is 4. The minimum Gasteiger partial charge on any atom is -0.493 e. The maximum absolute atomic E-state index is 13.1. The van der Waals surface area contributed by atoms with Crippen molar-refractivity contribution in [3.8, 4) is 5.75 Å². The third kappa shape index (κ3) is 3.30. The van der Waals surface area contributed by atoms with Gasteiger partial charge in [0.15, 0.2) is 17.1 Å². The van der Waals surface area contributed by atoms with Crippen LogP contribution in [0.15, 0.2) is 28.8 Å². The molecule has 142 valence electrons. The molecule has 4 rings (SSSR count). The van der Waals surface area contributed by atoms with Gasteiger partial charge in [-0.05, 0) is 37.0 Å². The molecule has 1 fully saturated rings. The van der Waals surface area contributed by atoms with E-state index in [0.717, 1.165) is 36.9 Å². The van der Waals surface area contributed by atoms with E-state index in [4.69, 9.17) is 20.8 Å². The lowest BCUT2D eigenvalue weighted by Crippen LogP contribution is -2.39. The van der Waals surface area contributed by atoms with Crippen LogP contribution in [0.4, 0.5) is 0 Å². The fraction of sp³-hybridized carbons (Fsp3) is 0.400. The summed E-state index contributed by atoms with van der Waals surface area (Å²) in [6.07, 6.45) is 4.81. The molecular weight excluding hydrogens is 366 g/mol. The molecule has 1 aliphatic heterocycles. The van der Waals surface area contributed by atoms with Crippen LogP contribution in [0, 0.1) is 0 Å². The Hall–Kier alpha value is -2.47. The highest BCUT2D eigenvalue weighted by Crippen LogP contribution is 2.34. The zero-order valence-electron chi connectivity index (χ0n) is 15.4. The van der Waals surface area contributed by atoms with Crippen LogP contribution in [0.2, 0.25) is 5.02 Å². The number of piperidine rings is 1. The van der Waals surface area contributed by atoms with Crippen molar-refractivity contribution in [2.24, 2.45) is 0 Å². The highest BCUT2D eigenvalue weighted by atomic mass is 35.5. The van der Waals surface area contributed by atoms with Crippen LogP contribution in [0.25, 0.3) is 11.0 Å². The lowest BCUT2D eigenvalue weighted by atomic mass is 9.92. The second kappa shape index (κ2) is 7.27. The Kier molecular flexibility index (Phi) is 4.83. The third-order valence-electron chi connectivity index (χ3n) is 5.23. The molecule has 7 heteroatoms. The van der Waals surface area contributed by atoms with Gasteiger partial charge in [0.2, 0.25) is 0 Å². The predicted molar refractivity (Wildman–Crippen MR) is 104 cm³/mol. The lowest BCUT2D eigenvalue weighted by Gasteiger charge is -2.32. The molecule has 1 amide bonds. The Labute approximate surface area is 162 Å². The fourth-order valence-electron chi connectivity index (χ4n) is 3.85. The number of rotatable bonds is 4. The first-order chi connectivity index (χ1) is 13.1. The highest BCUT2D eigenvalue weighted by Gasteiger charge is 2.29. The van der Waals surface area contributed by atoms with E-state index in [1.54, 1.807) is 25.3 Å². The average Bonchev–Trinajstić information content (AvgIpc) is 3.33. The van der Waals surface area contributed by atoms with E-state index in [1.807, 2.05) is 11.1 Å². The standard InChI is InChI=1S/C20H22ClN3O3/c1-3-12-10-22-23-18(12)13-5-4-6-24(11-13)20(25)17-8-14-7-15(21)9-16(26-2)19(14)27-17/h7-10,13H,3-6,11H2,1-2H3,(H,22,23)/t13-/m0/s1. The van der Waals surface area contributed by atoms with Crippen molar-refractivity contribution in [3.63, 3.8) is 0 Å². The first-order valence-electron chi connectivity index (χ1n) is 9.19. The van der Waals surface area contributed by atoms with E-state index >= 15 is 0 Å². The number of halogens is 1. The number of aryl methyl sites for hydroxylation is 1. The fourth-order valence-corrected chi connectivity index (χ4v) is 4.07. The SMILES string of the molecule is CCc1cn[nH]c1[C@H]1CCCN(C(=O)c2cc3cc(Cl)cc(OC)c3o2)C1. The van der Waals surface area contributed by atoms with Gasteiger partial charge >= 0.3 is 0 Å². The molecule has 3 aromatic rings. The molecule has 1 saturated heterocycles. The van der Waals surface area contributed by atoms with Crippen LogP contribution >= 0.6 is 11.6 Å². The second-order valence-electron chi connectivity index (χ2n) is 6.89. The lowest BCUT2D eigenvalue weighted by molar-refractivity contribution is 0.0675. The Morgan fingerprint density at radius 3 is 3.07 bits per heavy atom. The molecule has 1 N–H and O–H groups in total. The highest BCUT2D eigenvalue weighted by molar-refractivity contribution is 6.31. The van der Waals surface area contributed by atoms with Gasteiger partial charge in [-0.3, -0.25) is 9.89 Å². The van der Waals surface area contributed by atoms with Gasteiger partial charge < -0.3 is 14.1 Å². The van der Waals surface area contributed by atoms with Crippen molar-refractivity contribution >= 4 is 28.5 Å². The zero-order chi connectivity index (χ0) is 19.0. The minimum atomic E-state index is -0.105. The zero-order valence-corrected chi connectivity index (χ0v) is 16.2. The van der Waals surface area contributed by atoms with Crippen molar-refractivity contribution in [1.29, 1.82) is 0 Å². The topological polar surface area (TPSA) is 71.4 Å². The quantitative estimate of drug-likeness (QED) is 0.720. The Bertz CT molecular complexity index is 978. The van der Waals surface area contributed by atoms with Gasteiger partial charge in [-0.15, -0.1) is 0 Å². The number of aromatic nitrogens is 2. The predicted octanol–water partition coefficient (Wildman–Crippen LogP) is 4.40. The van der Waals surface area contributed by atoms with Crippen LogP contribution in [0.3, 0.4) is 0 Å². The summed E-state index contributed by atoms with van der Waals surface area (Å²) in [4.78, 5) is 14.9. The number of benzene rings is 1. The van der Waals surface area contributed by atoms with Gasteiger partial charge in [0.05, 0.1) is 13.3 Å². The first kappa shape index (κ1) is 17.9. The Balaban J connectivity index is 1.60. The molecule has 1 aromatic carbocycles. The van der Waals surface area contributed by atoms with Gasteiger partial charge in [-0.1, -0.05) is 18.5 Å². The summed E-state index contributed by atoms with van der Waals surface area (Å²) in [6, 6.07) is 5.20. The van der Waals surface area contributed by atoms with E-state index < -0.39 is 0 Å². The summed E-state index contributed by atoms with van der Waals surface area (Å²) in [5.41, 5.74) is 2.91. The smallest absolute Gasteiger partial charge is 0.289 e. The number of carbonyl (C=O) groups is 1. The van der Waals surface area contributed by atoms with Crippen LogP contribution < -0.4 is 4.74 Å². The molecule has 0 saturated carbocycles. The molecule has 0 unspecified atom stereocenters. The van der Waals surface area contributed by atoms with Gasteiger partial charge in [-0.25, -0.2) is 0 Å². The number of likely N-dealkylation sites (tertiary alicyclic amines) is 1. The average molecular weight is 388 g/mol. The summed E-state index contributed by atoms with van der Waals surface area (Å²) in [5.74, 6) is 1.00. The number of aromatic amines is 1. The molecule has 1 atom stereocenters. The molecular formula is C20H22ClN3O3. The van der Waals surface area contributed by atoms with E-state index in [1.165, 1.54) is 5.56 Å². The van der Waals surface area contributed by atoms with Crippen LogP contribution in [-0.2, 0) is 6.42 Å². The third-order valence-corrected chi connectivity index (χ3v) is 5.44. The first-order valence-corrected chi connectivity index (χ1v) is 9.57. The van der Waals surface area contributed by atoms with Gasteiger partial charge in [0, 0.05) is 41.2 Å². The number of carbonyl (C=O) groups excluding carboxylic acids is 1. The monoisotopic (exact) mass is 387 g/mol. The molecule has 2 aromatic heterocycles. The minimum absolute atomic E-state index is 0.105. The molecule has 0 spiro atoms. The number of ether oxygens (including phenoxy) is 1. The molecule has 6 nitrogen and oxygen atoms in total. The second-order valence-corrected chi connectivity index (χ2v) is 7.33. The Morgan fingerprint density at radius 1 is 1.44 bits per heavy atom. The van der Waals surface area contributed by atoms with E-state index in [-0.39, 0.29) is 11.8 Å². The number of hydrogen-bond donors (Lipinski definition) is 1. The van der Waals surface area contributed by atoms with Crippen LogP contribution in [0.5, 0.6) is 5.75 Å². The molecule has 0 radical (unpaired) electrons. The molecule has 1 aliphatic rings. The van der Waals surface area contributed by atoms with Crippen LogP contribution in [0.1, 0.15) is 47.5 Å². The summed E-state index contributed by atoms with van der Waals surface area (Å²) in [7, 11) is 1.56. The van der Waals surface area contributed by atoms with Crippen molar-refractivity contribution in [1.82, 2.24) is 15.1 Å². The number of fused-ring (bicyclic) bond motifs is 1. The largest absolute Gasteiger partial charge is 0.493 e. The van der Waals surface area contributed by atoms with Gasteiger partial charge in [0.1, 0.15) is 0 Å². The number of nitrogens with one attached hydrogen (secondary N) is 1. The summed E-state index contributed by atoms with van der Waals surface area (Å²) in [6.45, 7) is 3.50. The molecule has 0 aliphatic carbocycles. The normalized spacial score (nSPS) is 17.4. The van der Waals surface area contributed by atoms with Crippen molar-refractivity contribution in [2.45, 2.75) is 32.1 Å². The number of H-pyrrole nitrogens is 1. The molecule has 27 heavy (non-hydrogen) atoms. The number of methoxy groups -OCH3 is 1. The van der Waals surface area contributed by atoms with Crippen molar-refractivity contribution < 1.29 is 13.9 Å². The summed E-state index contributed by atoms with van der Waals surface area (Å²) in [5, 5.41) is 8.61.